The van der Waals surface area contributed by atoms with E-state index >= 15 is 0 Å². The van der Waals surface area contributed by atoms with Gasteiger partial charge in [0.1, 0.15) is 17.9 Å². The topological polar surface area (TPSA) is 129 Å². The first-order chi connectivity index (χ1) is 19.8. The highest BCUT2D eigenvalue weighted by Gasteiger charge is 2.48. The third kappa shape index (κ3) is 6.44. The molecule has 3 amide bonds. The number of nitrogens with zero attached hydrogens (tertiary/aromatic N) is 2. The number of benzene rings is 1. The standard InChI is InChI=1S/C32H42N4O5S/c1-19-26(42-18-34-19)21-7-5-20(6-8-21)16-33-29(40)25-13-23(37)17-36(25)30(41)27(31(2,3)4)35-28(39)22-9-11-32(12-10-22)14-24(38)15-32/h5-8,18,22-23,25,27,37H,9-17H2,1-4H3,(H,33,40)(H,35,39)/t23-,25+,27-/m1/s1. The molecule has 1 aliphatic heterocycles. The Morgan fingerprint density at radius 1 is 1.12 bits per heavy atom. The monoisotopic (exact) mass is 594 g/mol. The molecule has 0 radical (unpaired) electrons. The van der Waals surface area contributed by atoms with E-state index in [0.717, 1.165) is 34.5 Å². The van der Waals surface area contributed by atoms with E-state index in [4.69, 9.17) is 0 Å². The molecule has 3 N–H and O–H groups in total. The van der Waals surface area contributed by atoms with Crippen LogP contribution in [-0.2, 0) is 25.7 Å². The van der Waals surface area contributed by atoms with Crippen molar-refractivity contribution in [3.05, 3.63) is 41.0 Å². The van der Waals surface area contributed by atoms with Crippen molar-refractivity contribution in [2.75, 3.05) is 6.54 Å². The molecule has 1 saturated heterocycles. The fourth-order valence-electron chi connectivity index (χ4n) is 6.67. The van der Waals surface area contributed by atoms with Crippen LogP contribution >= 0.6 is 11.3 Å². The van der Waals surface area contributed by atoms with E-state index in [1.165, 1.54) is 4.90 Å². The van der Waals surface area contributed by atoms with E-state index in [0.29, 0.717) is 38.0 Å². The van der Waals surface area contributed by atoms with Crippen molar-refractivity contribution in [1.29, 1.82) is 0 Å². The minimum atomic E-state index is -0.838. The summed E-state index contributed by atoms with van der Waals surface area (Å²) < 4.78 is 0. The number of ketones is 1. The summed E-state index contributed by atoms with van der Waals surface area (Å²) in [5.74, 6) is -0.717. The van der Waals surface area contributed by atoms with Crippen molar-refractivity contribution < 1.29 is 24.3 Å². The quantitative estimate of drug-likeness (QED) is 0.448. The molecule has 9 nitrogen and oxygen atoms in total. The van der Waals surface area contributed by atoms with Crippen LogP contribution < -0.4 is 10.6 Å². The van der Waals surface area contributed by atoms with Gasteiger partial charge < -0.3 is 20.6 Å². The maximum atomic E-state index is 13.9. The Labute approximate surface area is 251 Å². The number of aryl methyl sites for hydroxylation is 1. The largest absolute Gasteiger partial charge is 0.391 e. The number of β-amino-alcohol motifs (C(OH)–C–C–N with tert-alkyl or cyclic N) is 1. The summed E-state index contributed by atoms with van der Waals surface area (Å²) in [5.41, 5.74) is 4.28. The van der Waals surface area contributed by atoms with Crippen LogP contribution in [0.5, 0.6) is 0 Å². The lowest BCUT2D eigenvalue weighted by Crippen LogP contribution is -2.58. The molecule has 1 spiro atoms. The third-order valence-corrected chi connectivity index (χ3v) is 10.2. The minimum absolute atomic E-state index is 0.0439. The Kier molecular flexibility index (Phi) is 8.58. The molecule has 2 saturated carbocycles. The lowest BCUT2D eigenvalue weighted by molar-refractivity contribution is -0.145. The lowest BCUT2D eigenvalue weighted by Gasteiger charge is -2.45. The number of aromatic nitrogens is 1. The maximum absolute atomic E-state index is 13.9. The molecule has 2 heterocycles. The minimum Gasteiger partial charge on any atom is -0.391 e. The van der Waals surface area contributed by atoms with Gasteiger partial charge in [0.2, 0.25) is 17.7 Å². The molecule has 3 atom stereocenters. The number of likely N-dealkylation sites (tertiary alicyclic amines) is 1. The van der Waals surface area contributed by atoms with Gasteiger partial charge in [0, 0.05) is 38.3 Å². The van der Waals surface area contributed by atoms with Crippen LogP contribution in [0, 0.1) is 23.7 Å². The summed E-state index contributed by atoms with van der Waals surface area (Å²) in [6.07, 6.45) is 3.73. The van der Waals surface area contributed by atoms with E-state index in [9.17, 15) is 24.3 Å². The van der Waals surface area contributed by atoms with E-state index in [1.807, 2.05) is 57.5 Å². The molecule has 42 heavy (non-hydrogen) atoms. The number of thiazole rings is 1. The number of aliphatic hydroxyl groups excluding tert-OH is 1. The molecule has 2 aliphatic carbocycles. The van der Waals surface area contributed by atoms with Crippen molar-refractivity contribution in [3.8, 4) is 10.4 Å². The highest BCUT2D eigenvalue weighted by molar-refractivity contribution is 7.13. The first-order valence-electron chi connectivity index (χ1n) is 14.9. The number of aliphatic hydroxyl groups is 1. The number of hydrogen-bond donors (Lipinski definition) is 3. The summed E-state index contributed by atoms with van der Waals surface area (Å²) in [4.78, 5) is 58.9. The number of nitrogens with one attached hydrogen (secondary N) is 2. The third-order valence-electron chi connectivity index (χ3n) is 9.25. The fourth-order valence-corrected chi connectivity index (χ4v) is 7.48. The molecule has 0 unspecified atom stereocenters. The van der Waals surface area contributed by atoms with Crippen LogP contribution in [0.4, 0.5) is 0 Å². The Morgan fingerprint density at radius 3 is 2.36 bits per heavy atom. The van der Waals surface area contributed by atoms with Gasteiger partial charge in [-0.2, -0.15) is 0 Å². The van der Waals surface area contributed by atoms with Crippen molar-refractivity contribution in [2.45, 2.75) is 97.4 Å². The van der Waals surface area contributed by atoms with Crippen LogP contribution in [0.1, 0.15) is 77.0 Å². The molecule has 1 aromatic carbocycles. The first kappa shape index (κ1) is 30.4. The fraction of sp³-hybridized carbons (Fsp3) is 0.594. The zero-order valence-electron chi connectivity index (χ0n) is 24.9. The van der Waals surface area contributed by atoms with Crippen LogP contribution in [0.15, 0.2) is 29.8 Å². The molecule has 1 aromatic heterocycles. The molecule has 3 aliphatic rings. The van der Waals surface area contributed by atoms with Crippen LogP contribution in [0.25, 0.3) is 10.4 Å². The van der Waals surface area contributed by atoms with E-state index in [-0.39, 0.29) is 42.0 Å². The number of rotatable bonds is 7. The number of amides is 3. The number of carbonyl (C=O) groups is 4. The van der Waals surface area contributed by atoms with Crippen molar-refractivity contribution in [3.63, 3.8) is 0 Å². The van der Waals surface area contributed by atoms with Gasteiger partial charge in [-0.25, -0.2) is 4.98 Å². The van der Waals surface area contributed by atoms with Gasteiger partial charge in [-0.15, -0.1) is 11.3 Å². The predicted octanol–water partition coefficient (Wildman–Crippen LogP) is 3.77. The zero-order valence-corrected chi connectivity index (χ0v) is 25.8. The number of carbonyl (C=O) groups excluding carboxylic acids is 4. The van der Waals surface area contributed by atoms with Gasteiger partial charge in [-0.1, -0.05) is 45.0 Å². The van der Waals surface area contributed by atoms with Crippen molar-refractivity contribution >= 4 is 34.8 Å². The molecule has 0 bridgehead atoms. The van der Waals surface area contributed by atoms with Gasteiger partial charge in [0.15, 0.2) is 0 Å². The van der Waals surface area contributed by atoms with Crippen LogP contribution in [-0.4, -0.2) is 63.2 Å². The SMILES string of the molecule is Cc1ncsc1-c1ccc(CNC(=O)[C@@H]2C[C@@H](O)CN2C(=O)[C@@H](NC(=O)C2CCC3(CC2)CC(=O)C3)C(C)(C)C)cc1. The van der Waals surface area contributed by atoms with E-state index in [2.05, 4.69) is 15.6 Å². The number of hydrogen-bond acceptors (Lipinski definition) is 7. The Balaban J connectivity index is 1.20. The summed E-state index contributed by atoms with van der Waals surface area (Å²) in [5, 5.41) is 16.4. The molecular weight excluding hydrogens is 552 g/mol. The van der Waals surface area contributed by atoms with E-state index in [1.54, 1.807) is 11.3 Å². The normalized spacial score (nSPS) is 23.0. The summed E-state index contributed by atoms with van der Waals surface area (Å²) >= 11 is 1.59. The van der Waals surface area contributed by atoms with E-state index < -0.39 is 23.6 Å². The average molecular weight is 595 g/mol. The summed E-state index contributed by atoms with van der Waals surface area (Å²) in [6, 6.07) is 6.27. The smallest absolute Gasteiger partial charge is 0.246 e. The first-order valence-corrected chi connectivity index (χ1v) is 15.8. The summed E-state index contributed by atoms with van der Waals surface area (Å²) in [6.45, 7) is 7.99. The lowest BCUT2D eigenvalue weighted by atomic mass is 9.58. The molecule has 3 fully saturated rings. The molecule has 2 aromatic rings. The maximum Gasteiger partial charge on any atom is 0.246 e. The van der Waals surface area contributed by atoms with Gasteiger partial charge >= 0.3 is 0 Å². The average Bonchev–Trinajstić information content (AvgIpc) is 3.54. The Hall–Kier alpha value is -3.11. The molecule has 5 rings (SSSR count). The molecular formula is C32H42N4O5S. The van der Waals surface area contributed by atoms with Gasteiger partial charge in [-0.3, -0.25) is 19.2 Å². The Morgan fingerprint density at radius 2 is 1.79 bits per heavy atom. The van der Waals surface area contributed by atoms with Gasteiger partial charge in [-0.05, 0) is 54.6 Å². The molecule has 10 heteroatoms. The second-order valence-corrected chi connectivity index (χ2v) is 14.4. The van der Waals surface area contributed by atoms with Gasteiger partial charge in [0.05, 0.1) is 22.2 Å². The van der Waals surface area contributed by atoms with Crippen molar-refractivity contribution in [2.24, 2.45) is 16.7 Å². The summed E-state index contributed by atoms with van der Waals surface area (Å²) in [7, 11) is 0. The zero-order chi connectivity index (χ0) is 30.2. The Bertz CT molecular complexity index is 1330. The second-order valence-electron chi connectivity index (χ2n) is 13.6. The van der Waals surface area contributed by atoms with Gasteiger partial charge in [0.25, 0.3) is 0 Å². The highest BCUT2D eigenvalue weighted by atomic mass is 32.1. The second kappa shape index (κ2) is 11.9. The molecule has 226 valence electrons. The van der Waals surface area contributed by atoms with Crippen LogP contribution in [0.3, 0.4) is 0 Å². The highest BCUT2D eigenvalue weighted by Crippen LogP contribution is 2.51. The number of Topliss-reactive ketones (excluding diaryl/α,β-unsaturated/α-hetero) is 1. The van der Waals surface area contributed by atoms with Crippen molar-refractivity contribution in [1.82, 2.24) is 20.5 Å². The van der Waals surface area contributed by atoms with Crippen LogP contribution in [0.2, 0.25) is 0 Å². The predicted molar refractivity (Wildman–Crippen MR) is 160 cm³/mol.